The Bertz CT molecular complexity index is 1020. The van der Waals surface area contributed by atoms with Gasteiger partial charge in [-0.2, -0.15) is 8.78 Å². The number of alkyl halides is 2. The minimum absolute atomic E-state index is 0.0467. The molecule has 0 spiro atoms. The molecule has 1 aromatic carbocycles. The Morgan fingerprint density at radius 2 is 1.97 bits per heavy atom. The zero-order chi connectivity index (χ0) is 22.4. The van der Waals surface area contributed by atoms with E-state index in [9.17, 15) is 18.4 Å². The van der Waals surface area contributed by atoms with Crippen molar-refractivity contribution in [1.29, 1.82) is 0 Å². The molecule has 0 bridgehead atoms. The summed E-state index contributed by atoms with van der Waals surface area (Å²) in [5.41, 5.74) is 0.771. The van der Waals surface area contributed by atoms with Crippen molar-refractivity contribution in [2.75, 3.05) is 25.5 Å². The summed E-state index contributed by atoms with van der Waals surface area (Å²) in [6, 6.07) is 10.2. The fraction of sp³-hybridized carbons (Fsp3) is 0.286. The summed E-state index contributed by atoms with van der Waals surface area (Å²) in [5.74, 6) is 0.118. The standard InChI is InChI=1S/C21H23F2N5O3/c1-26(13-18-24-9-10-28(18)21(22)23)14-19(29)27(2)17-8-4-3-7-16(17)20(30)25-12-15-6-5-11-31-15/h3-11,21H,12-14H2,1-2H3,(H,25,30). The summed E-state index contributed by atoms with van der Waals surface area (Å²) < 4.78 is 31.9. The highest BCUT2D eigenvalue weighted by molar-refractivity contribution is 6.04. The molecule has 0 saturated heterocycles. The van der Waals surface area contributed by atoms with E-state index in [0.717, 1.165) is 4.57 Å². The molecule has 0 fully saturated rings. The number of anilines is 1. The van der Waals surface area contributed by atoms with Crippen molar-refractivity contribution < 1.29 is 22.8 Å². The van der Waals surface area contributed by atoms with E-state index in [2.05, 4.69) is 10.3 Å². The maximum absolute atomic E-state index is 13.0. The van der Waals surface area contributed by atoms with E-state index in [0.29, 0.717) is 17.0 Å². The lowest BCUT2D eigenvalue weighted by Gasteiger charge is -2.23. The van der Waals surface area contributed by atoms with Crippen LogP contribution in [-0.4, -0.2) is 46.9 Å². The van der Waals surface area contributed by atoms with Crippen LogP contribution < -0.4 is 10.2 Å². The highest BCUT2D eigenvalue weighted by Crippen LogP contribution is 2.20. The molecule has 31 heavy (non-hydrogen) atoms. The van der Waals surface area contributed by atoms with E-state index in [-0.39, 0.29) is 37.3 Å². The van der Waals surface area contributed by atoms with Gasteiger partial charge in [0.1, 0.15) is 11.6 Å². The van der Waals surface area contributed by atoms with Crippen molar-refractivity contribution in [3.05, 3.63) is 72.2 Å². The number of furan rings is 1. The number of carbonyl (C=O) groups excluding carboxylic acids is 2. The van der Waals surface area contributed by atoms with Crippen LogP contribution in [0.4, 0.5) is 14.5 Å². The second kappa shape index (κ2) is 9.98. The van der Waals surface area contributed by atoms with Crippen LogP contribution >= 0.6 is 0 Å². The number of nitrogens with one attached hydrogen (secondary N) is 1. The van der Waals surface area contributed by atoms with E-state index in [1.807, 2.05) is 0 Å². The Morgan fingerprint density at radius 1 is 1.19 bits per heavy atom. The quantitative estimate of drug-likeness (QED) is 0.563. The van der Waals surface area contributed by atoms with Crippen LogP contribution in [0.5, 0.6) is 0 Å². The topological polar surface area (TPSA) is 83.6 Å². The van der Waals surface area contributed by atoms with E-state index in [1.54, 1.807) is 55.4 Å². The Hall–Kier alpha value is -3.53. The number of imidazole rings is 1. The normalized spacial score (nSPS) is 11.2. The van der Waals surface area contributed by atoms with Gasteiger partial charge in [0.2, 0.25) is 5.91 Å². The van der Waals surface area contributed by atoms with E-state index in [4.69, 9.17) is 4.42 Å². The number of likely N-dealkylation sites (N-methyl/N-ethyl adjacent to an activating group) is 2. The highest BCUT2D eigenvalue weighted by atomic mass is 19.3. The molecule has 3 aromatic rings. The van der Waals surface area contributed by atoms with Crippen molar-refractivity contribution in [2.24, 2.45) is 0 Å². The number of hydrogen-bond acceptors (Lipinski definition) is 5. The summed E-state index contributed by atoms with van der Waals surface area (Å²) in [6.45, 7) is -2.45. The highest BCUT2D eigenvalue weighted by Gasteiger charge is 2.21. The third kappa shape index (κ3) is 5.54. The molecule has 8 nitrogen and oxygen atoms in total. The van der Waals surface area contributed by atoms with Gasteiger partial charge in [0.15, 0.2) is 0 Å². The van der Waals surface area contributed by atoms with Crippen LogP contribution in [-0.2, 0) is 17.9 Å². The molecular formula is C21H23F2N5O3. The Labute approximate surface area is 178 Å². The lowest BCUT2D eigenvalue weighted by Crippen LogP contribution is -2.38. The zero-order valence-corrected chi connectivity index (χ0v) is 17.2. The number of rotatable bonds is 9. The monoisotopic (exact) mass is 431 g/mol. The smallest absolute Gasteiger partial charge is 0.319 e. The van der Waals surface area contributed by atoms with Crippen molar-refractivity contribution in [1.82, 2.24) is 19.8 Å². The number of benzene rings is 1. The van der Waals surface area contributed by atoms with Crippen molar-refractivity contribution in [2.45, 2.75) is 19.6 Å². The van der Waals surface area contributed by atoms with Gasteiger partial charge in [0.25, 0.3) is 5.91 Å². The second-order valence-corrected chi connectivity index (χ2v) is 6.93. The first kappa shape index (κ1) is 22.2. The van der Waals surface area contributed by atoms with Gasteiger partial charge in [-0.3, -0.25) is 19.1 Å². The summed E-state index contributed by atoms with van der Waals surface area (Å²) in [4.78, 5) is 32.3. The molecule has 164 valence electrons. The maximum atomic E-state index is 13.0. The van der Waals surface area contributed by atoms with Crippen molar-refractivity contribution in [3.63, 3.8) is 0 Å². The van der Waals surface area contributed by atoms with Crippen LogP contribution in [0.25, 0.3) is 0 Å². The molecule has 0 atom stereocenters. The van der Waals surface area contributed by atoms with Gasteiger partial charge in [-0.25, -0.2) is 4.98 Å². The largest absolute Gasteiger partial charge is 0.467 e. The summed E-state index contributed by atoms with van der Waals surface area (Å²) in [6.07, 6.45) is 4.01. The molecular weight excluding hydrogens is 408 g/mol. The molecule has 0 aliphatic heterocycles. The van der Waals surface area contributed by atoms with E-state index >= 15 is 0 Å². The third-order valence-electron chi connectivity index (χ3n) is 4.66. The molecule has 0 aliphatic rings. The van der Waals surface area contributed by atoms with Gasteiger partial charge in [0, 0.05) is 19.4 Å². The third-order valence-corrected chi connectivity index (χ3v) is 4.66. The molecule has 1 N–H and O–H groups in total. The average molecular weight is 431 g/mol. The first-order chi connectivity index (χ1) is 14.9. The van der Waals surface area contributed by atoms with E-state index in [1.165, 1.54) is 23.6 Å². The maximum Gasteiger partial charge on any atom is 0.319 e. The predicted octanol–water partition coefficient (Wildman–Crippen LogP) is 2.90. The summed E-state index contributed by atoms with van der Waals surface area (Å²) in [5, 5.41) is 2.76. The van der Waals surface area contributed by atoms with Gasteiger partial charge in [-0.1, -0.05) is 12.1 Å². The summed E-state index contributed by atoms with van der Waals surface area (Å²) in [7, 11) is 3.20. The molecule has 2 heterocycles. The van der Waals surface area contributed by atoms with Gasteiger partial charge >= 0.3 is 6.55 Å². The Balaban J connectivity index is 1.64. The van der Waals surface area contributed by atoms with Crippen LogP contribution in [0.1, 0.15) is 28.5 Å². The first-order valence-electron chi connectivity index (χ1n) is 9.51. The lowest BCUT2D eigenvalue weighted by molar-refractivity contribution is -0.119. The zero-order valence-electron chi connectivity index (χ0n) is 17.2. The van der Waals surface area contributed by atoms with Gasteiger partial charge in [0.05, 0.1) is 37.1 Å². The SMILES string of the molecule is CN(CC(=O)N(C)c1ccccc1C(=O)NCc1ccco1)Cc1nccn1C(F)F. The molecule has 0 radical (unpaired) electrons. The molecule has 10 heteroatoms. The molecule has 2 amide bonds. The second-order valence-electron chi connectivity index (χ2n) is 6.93. The molecule has 0 saturated carbocycles. The van der Waals surface area contributed by atoms with Gasteiger partial charge in [-0.05, 0) is 31.3 Å². The fourth-order valence-electron chi connectivity index (χ4n) is 3.05. The number of halogens is 2. The molecule has 3 rings (SSSR count). The fourth-order valence-corrected chi connectivity index (χ4v) is 3.05. The van der Waals surface area contributed by atoms with Crippen LogP contribution in [0.15, 0.2) is 59.5 Å². The average Bonchev–Trinajstić information content (AvgIpc) is 3.43. The minimum Gasteiger partial charge on any atom is -0.467 e. The van der Waals surface area contributed by atoms with Crippen molar-refractivity contribution >= 4 is 17.5 Å². The molecule has 0 aliphatic carbocycles. The minimum atomic E-state index is -2.70. The Morgan fingerprint density at radius 3 is 2.68 bits per heavy atom. The molecule has 2 aromatic heterocycles. The number of hydrogen-bond donors (Lipinski definition) is 1. The van der Waals surface area contributed by atoms with Gasteiger partial charge in [-0.15, -0.1) is 0 Å². The van der Waals surface area contributed by atoms with Crippen molar-refractivity contribution in [3.8, 4) is 0 Å². The predicted molar refractivity (Wildman–Crippen MR) is 110 cm³/mol. The number of carbonyl (C=O) groups is 2. The lowest BCUT2D eigenvalue weighted by atomic mass is 10.1. The Kier molecular flexibility index (Phi) is 7.14. The van der Waals surface area contributed by atoms with Crippen LogP contribution in [0, 0.1) is 0 Å². The number of nitrogens with zero attached hydrogens (tertiary/aromatic N) is 4. The van der Waals surface area contributed by atoms with E-state index < -0.39 is 6.55 Å². The number of aromatic nitrogens is 2. The van der Waals surface area contributed by atoms with Crippen LogP contribution in [0.3, 0.4) is 0 Å². The number of amides is 2. The first-order valence-corrected chi connectivity index (χ1v) is 9.51. The van der Waals surface area contributed by atoms with Gasteiger partial charge < -0.3 is 14.6 Å². The number of para-hydroxylation sites is 1. The molecule has 0 unspecified atom stereocenters. The summed E-state index contributed by atoms with van der Waals surface area (Å²) >= 11 is 0. The van der Waals surface area contributed by atoms with Crippen LogP contribution in [0.2, 0.25) is 0 Å².